The molecule has 0 radical (unpaired) electrons. The molecule has 36 heavy (non-hydrogen) atoms. The molecule has 1 saturated heterocycles. The average Bonchev–Trinajstić information content (AvgIpc) is 3.33. The topological polar surface area (TPSA) is 56.9 Å². The zero-order chi connectivity index (χ0) is 24.7. The number of piperidine rings is 1. The van der Waals surface area contributed by atoms with Gasteiger partial charge < -0.3 is 14.4 Å². The largest absolute Gasteiger partial charge is 0.451 e. The lowest BCUT2D eigenvalue weighted by molar-refractivity contribution is -0.0276. The van der Waals surface area contributed by atoms with Crippen LogP contribution in [-0.2, 0) is 25.1 Å². The molecule has 0 atom stereocenters. The van der Waals surface area contributed by atoms with Crippen molar-refractivity contribution in [3.8, 4) is 0 Å². The van der Waals surface area contributed by atoms with Crippen LogP contribution in [-0.4, -0.2) is 40.4 Å². The summed E-state index contributed by atoms with van der Waals surface area (Å²) in [7, 11) is 0. The van der Waals surface area contributed by atoms with E-state index < -0.39 is 5.60 Å². The van der Waals surface area contributed by atoms with Gasteiger partial charge in [-0.3, -0.25) is 9.69 Å². The molecule has 4 aromatic rings. The van der Waals surface area contributed by atoms with Crippen molar-refractivity contribution < 1.29 is 18.7 Å². The lowest BCUT2D eigenvalue weighted by atomic mass is 9.84. The zero-order valence-electron chi connectivity index (χ0n) is 20.1. The minimum absolute atomic E-state index is 0.105. The lowest BCUT2D eigenvalue weighted by Crippen LogP contribution is -2.42. The summed E-state index contributed by atoms with van der Waals surface area (Å²) in [6, 6.07) is 22.4. The van der Waals surface area contributed by atoms with Gasteiger partial charge in [-0.05, 0) is 71.8 Å². The van der Waals surface area contributed by atoms with Crippen LogP contribution in [0.5, 0.6) is 0 Å². The summed E-state index contributed by atoms with van der Waals surface area (Å²) in [5.74, 6) is 0.00226. The van der Waals surface area contributed by atoms with Crippen LogP contribution in [0.1, 0.15) is 45.7 Å². The number of carbonyl (C=O) groups is 1. The summed E-state index contributed by atoms with van der Waals surface area (Å²) in [6.07, 6.45) is 2.02. The van der Waals surface area contributed by atoms with Crippen molar-refractivity contribution in [1.82, 2.24) is 9.80 Å². The van der Waals surface area contributed by atoms with Gasteiger partial charge in [-0.15, -0.1) is 0 Å². The van der Waals surface area contributed by atoms with E-state index in [9.17, 15) is 14.3 Å². The van der Waals surface area contributed by atoms with Gasteiger partial charge in [-0.2, -0.15) is 0 Å². The first-order chi connectivity index (χ1) is 17.5. The molecule has 184 valence electrons. The molecule has 0 unspecified atom stereocenters. The van der Waals surface area contributed by atoms with E-state index in [1.165, 1.54) is 17.2 Å². The molecule has 6 heteroatoms. The van der Waals surface area contributed by atoms with Gasteiger partial charge in [0.05, 0.1) is 5.60 Å². The fourth-order valence-corrected chi connectivity index (χ4v) is 5.53. The number of rotatable bonds is 4. The van der Waals surface area contributed by atoms with Gasteiger partial charge in [0.1, 0.15) is 11.4 Å². The number of hydrogen-bond donors (Lipinski definition) is 1. The molecule has 1 amide bonds. The van der Waals surface area contributed by atoms with Crippen molar-refractivity contribution in [3.63, 3.8) is 0 Å². The van der Waals surface area contributed by atoms with Crippen molar-refractivity contribution in [3.05, 3.63) is 107 Å². The highest BCUT2D eigenvalue weighted by molar-refractivity contribution is 5.96. The van der Waals surface area contributed by atoms with E-state index in [-0.39, 0.29) is 11.7 Å². The Kier molecular flexibility index (Phi) is 5.86. The van der Waals surface area contributed by atoms with Crippen LogP contribution in [0.15, 0.2) is 77.2 Å². The minimum Gasteiger partial charge on any atom is -0.451 e. The van der Waals surface area contributed by atoms with Gasteiger partial charge in [0.2, 0.25) is 0 Å². The highest BCUT2D eigenvalue weighted by atomic mass is 19.1. The Bertz CT molecular complexity index is 1420. The van der Waals surface area contributed by atoms with Crippen LogP contribution in [0.3, 0.4) is 0 Å². The maximum absolute atomic E-state index is 13.5. The normalized spacial score (nSPS) is 17.8. The average molecular weight is 485 g/mol. The number of benzene rings is 3. The monoisotopic (exact) mass is 484 g/mol. The molecular weight excluding hydrogens is 455 g/mol. The van der Waals surface area contributed by atoms with Gasteiger partial charge >= 0.3 is 0 Å². The van der Waals surface area contributed by atoms with Crippen LogP contribution in [0.2, 0.25) is 0 Å². The highest BCUT2D eigenvalue weighted by Crippen LogP contribution is 2.35. The first-order valence-electron chi connectivity index (χ1n) is 12.6. The molecule has 3 heterocycles. The quantitative estimate of drug-likeness (QED) is 0.430. The van der Waals surface area contributed by atoms with E-state index in [4.69, 9.17) is 4.42 Å². The Morgan fingerprint density at radius 2 is 1.75 bits per heavy atom. The van der Waals surface area contributed by atoms with Crippen molar-refractivity contribution >= 4 is 16.9 Å². The maximum Gasteiger partial charge on any atom is 0.289 e. The molecule has 3 aromatic carbocycles. The van der Waals surface area contributed by atoms with Gasteiger partial charge in [0.15, 0.2) is 5.76 Å². The van der Waals surface area contributed by atoms with E-state index in [0.717, 1.165) is 36.0 Å². The SMILES string of the molecule is O=C(c1cc2cc(C3(O)CCN(Cc4cccc(F)c4)CC3)ccc2o1)N1CCc2ccccc2C1. The summed E-state index contributed by atoms with van der Waals surface area (Å²) < 4.78 is 19.4. The van der Waals surface area contributed by atoms with Crippen LogP contribution >= 0.6 is 0 Å². The smallest absolute Gasteiger partial charge is 0.289 e. The number of furan rings is 1. The summed E-state index contributed by atoms with van der Waals surface area (Å²) in [5.41, 5.74) is 3.96. The Morgan fingerprint density at radius 1 is 0.944 bits per heavy atom. The second kappa shape index (κ2) is 9.19. The molecule has 1 aromatic heterocycles. The molecule has 0 spiro atoms. The number of likely N-dealkylation sites (tertiary alicyclic amines) is 1. The number of fused-ring (bicyclic) bond motifs is 2. The molecule has 6 rings (SSSR count). The van der Waals surface area contributed by atoms with Crippen molar-refractivity contribution in [1.29, 1.82) is 0 Å². The molecule has 5 nitrogen and oxygen atoms in total. The summed E-state index contributed by atoms with van der Waals surface area (Å²) in [4.78, 5) is 17.3. The summed E-state index contributed by atoms with van der Waals surface area (Å²) >= 11 is 0. The van der Waals surface area contributed by atoms with Gasteiger partial charge in [-0.1, -0.05) is 42.5 Å². The Labute approximate surface area is 209 Å². The second-order valence-electron chi connectivity index (χ2n) is 10.0. The van der Waals surface area contributed by atoms with Crippen molar-refractivity contribution in [2.24, 2.45) is 0 Å². The van der Waals surface area contributed by atoms with Crippen LogP contribution in [0.25, 0.3) is 11.0 Å². The fourth-order valence-electron chi connectivity index (χ4n) is 5.53. The molecule has 0 bridgehead atoms. The summed E-state index contributed by atoms with van der Waals surface area (Å²) in [6.45, 7) is 3.36. The number of carbonyl (C=O) groups excluding carboxylic acids is 1. The number of aliphatic hydroxyl groups is 1. The molecule has 2 aliphatic rings. The lowest BCUT2D eigenvalue weighted by Gasteiger charge is -2.38. The van der Waals surface area contributed by atoms with Gasteiger partial charge in [0.25, 0.3) is 5.91 Å². The third-order valence-corrected chi connectivity index (χ3v) is 7.66. The fraction of sp³-hybridized carbons (Fsp3) is 0.300. The molecule has 2 aliphatic heterocycles. The highest BCUT2D eigenvalue weighted by Gasteiger charge is 2.34. The van der Waals surface area contributed by atoms with E-state index in [2.05, 4.69) is 17.0 Å². The third-order valence-electron chi connectivity index (χ3n) is 7.66. The van der Waals surface area contributed by atoms with Crippen LogP contribution < -0.4 is 0 Å². The Balaban J connectivity index is 1.15. The van der Waals surface area contributed by atoms with Gasteiger partial charge in [0, 0.05) is 38.1 Å². The van der Waals surface area contributed by atoms with E-state index >= 15 is 0 Å². The maximum atomic E-state index is 13.5. The minimum atomic E-state index is -0.940. The van der Waals surface area contributed by atoms with Crippen LogP contribution in [0.4, 0.5) is 4.39 Å². The second-order valence-corrected chi connectivity index (χ2v) is 10.0. The molecule has 1 fully saturated rings. The predicted molar refractivity (Wildman–Crippen MR) is 136 cm³/mol. The van der Waals surface area contributed by atoms with E-state index in [1.807, 2.05) is 41.3 Å². The van der Waals surface area contributed by atoms with Crippen LogP contribution in [0, 0.1) is 5.82 Å². The molecule has 0 aliphatic carbocycles. The third kappa shape index (κ3) is 4.43. The van der Waals surface area contributed by atoms with Crippen molar-refractivity contribution in [2.45, 2.75) is 38.0 Å². The number of hydrogen-bond acceptors (Lipinski definition) is 4. The Hall–Kier alpha value is -3.48. The molecule has 1 N–H and O–H groups in total. The number of halogens is 1. The van der Waals surface area contributed by atoms with E-state index in [1.54, 1.807) is 18.2 Å². The predicted octanol–water partition coefficient (Wildman–Crippen LogP) is 5.25. The summed E-state index contributed by atoms with van der Waals surface area (Å²) in [5, 5.41) is 12.3. The first kappa shape index (κ1) is 23.0. The van der Waals surface area contributed by atoms with Gasteiger partial charge in [-0.25, -0.2) is 4.39 Å². The first-order valence-corrected chi connectivity index (χ1v) is 12.6. The molecular formula is C30H29FN2O3. The number of amides is 1. The number of nitrogens with zero attached hydrogens (tertiary/aromatic N) is 2. The zero-order valence-corrected chi connectivity index (χ0v) is 20.1. The van der Waals surface area contributed by atoms with E-state index in [0.29, 0.717) is 43.8 Å². The standard InChI is InChI=1S/C30H29FN2O3/c31-26-7-3-4-21(16-26)19-32-14-11-30(35,12-15-32)25-8-9-27-24(17-25)18-28(36-27)29(34)33-13-10-22-5-1-2-6-23(22)20-33/h1-9,16-18,35H,10-15,19-20H2. The Morgan fingerprint density at radius 3 is 2.56 bits per heavy atom. The van der Waals surface area contributed by atoms with Crippen molar-refractivity contribution in [2.75, 3.05) is 19.6 Å². The molecule has 0 saturated carbocycles.